The zero-order chi connectivity index (χ0) is 19.5. The van der Waals surface area contributed by atoms with Crippen molar-refractivity contribution in [1.29, 1.82) is 0 Å². The third kappa shape index (κ3) is 2.43. The van der Waals surface area contributed by atoms with Crippen LogP contribution in [-0.4, -0.2) is 25.0 Å². The van der Waals surface area contributed by atoms with Crippen molar-refractivity contribution < 1.29 is 13.2 Å². The van der Waals surface area contributed by atoms with E-state index in [1.807, 2.05) is 36.9 Å². The standard InChI is InChI=1S/C21H19N3O3S/c1-13-9-17-20(22-11-13)24(16-7-3-5-15-6-4-8-27-19(15)16)21-18(28(17,25)26)10-14(2)12-23-21/h3,5,7,9-12H,4,6,8H2,1-2H3. The summed E-state index contributed by atoms with van der Waals surface area (Å²) in [6, 6.07) is 9.29. The molecule has 0 saturated heterocycles. The van der Waals surface area contributed by atoms with E-state index in [1.54, 1.807) is 24.5 Å². The first-order chi connectivity index (χ1) is 13.5. The summed E-state index contributed by atoms with van der Waals surface area (Å²) < 4.78 is 32.6. The Morgan fingerprint density at radius 3 is 2.29 bits per heavy atom. The first-order valence-electron chi connectivity index (χ1n) is 9.20. The smallest absolute Gasteiger partial charge is 0.213 e. The predicted octanol–water partition coefficient (Wildman–Crippen LogP) is 4.03. The molecule has 0 fully saturated rings. The van der Waals surface area contributed by atoms with Crippen LogP contribution < -0.4 is 9.64 Å². The minimum Gasteiger partial charge on any atom is -0.491 e. The molecule has 28 heavy (non-hydrogen) atoms. The van der Waals surface area contributed by atoms with Crippen LogP contribution in [0.4, 0.5) is 17.3 Å². The molecule has 0 unspecified atom stereocenters. The van der Waals surface area contributed by atoms with Crippen molar-refractivity contribution in [2.75, 3.05) is 11.5 Å². The average Bonchev–Trinajstić information content (AvgIpc) is 2.69. The highest BCUT2D eigenvalue weighted by molar-refractivity contribution is 7.92. The van der Waals surface area contributed by atoms with Gasteiger partial charge in [0.25, 0.3) is 0 Å². The molecule has 0 amide bonds. The molecule has 2 aliphatic rings. The Balaban J connectivity index is 1.86. The van der Waals surface area contributed by atoms with Gasteiger partial charge in [0, 0.05) is 12.4 Å². The number of anilines is 3. The molecule has 2 aromatic heterocycles. The molecule has 0 spiro atoms. The van der Waals surface area contributed by atoms with Gasteiger partial charge in [0.15, 0.2) is 11.6 Å². The number of para-hydroxylation sites is 1. The van der Waals surface area contributed by atoms with Gasteiger partial charge in [0.2, 0.25) is 9.84 Å². The lowest BCUT2D eigenvalue weighted by Crippen LogP contribution is -2.26. The van der Waals surface area contributed by atoms with Crippen LogP contribution in [0.25, 0.3) is 0 Å². The number of benzene rings is 1. The highest BCUT2D eigenvalue weighted by Crippen LogP contribution is 2.49. The fourth-order valence-corrected chi connectivity index (χ4v) is 5.48. The number of sulfone groups is 1. The molecule has 142 valence electrons. The van der Waals surface area contributed by atoms with Gasteiger partial charge in [-0.15, -0.1) is 0 Å². The Labute approximate surface area is 163 Å². The van der Waals surface area contributed by atoms with Crippen LogP contribution in [0.5, 0.6) is 5.75 Å². The van der Waals surface area contributed by atoms with Gasteiger partial charge >= 0.3 is 0 Å². The van der Waals surface area contributed by atoms with Gasteiger partial charge in [0.1, 0.15) is 15.5 Å². The molecule has 2 aliphatic heterocycles. The minimum absolute atomic E-state index is 0.195. The molecule has 3 aromatic rings. The lowest BCUT2D eigenvalue weighted by molar-refractivity contribution is 0.289. The van der Waals surface area contributed by atoms with Crippen molar-refractivity contribution in [2.24, 2.45) is 0 Å². The monoisotopic (exact) mass is 393 g/mol. The van der Waals surface area contributed by atoms with Crippen molar-refractivity contribution >= 4 is 27.2 Å². The first-order valence-corrected chi connectivity index (χ1v) is 10.7. The summed E-state index contributed by atoms with van der Waals surface area (Å²) in [5.74, 6) is 1.49. The molecule has 0 N–H and O–H groups in total. The second-order valence-corrected chi connectivity index (χ2v) is 9.11. The molecule has 0 saturated carbocycles. The largest absolute Gasteiger partial charge is 0.491 e. The number of aryl methyl sites for hydroxylation is 3. The molecule has 0 aliphatic carbocycles. The van der Waals surface area contributed by atoms with Crippen molar-refractivity contribution in [1.82, 2.24) is 9.97 Å². The van der Waals surface area contributed by atoms with Crippen LogP contribution in [0.2, 0.25) is 0 Å². The molecular weight excluding hydrogens is 374 g/mol. The van der Waals surface area contributed by atoms with E-state index < -0.39 is 9.84 Å². The molecule has 0 radical (unpaired) electrons. The number of nitrogens with zero attached hydrogens (tertiary/aromatic N) is 3. The van der Waals surface area contributed by atoms with Crippen molar-refractivity contribution in [3.63, 3.8) is 0 Å². The fourth-order valence-electron chi connectivity index (χ4n) is 3.80. The van der Waals surface area contributed by atoms with Gasteiger partial charge in [-0.05, 0) is 61.6 Å². The second kappa shape index (κ2) is 6.04. The van der Waals surface area contributed by atoms with E-state index in [2.05, 4.69) is 9.97 Å². The maximum atomic E-state index is 13.3. The summed E-state index contributed by atoms with van der Waals surface area (Å²) in [5.41, 5.74) is 3.46. The number of hydrogen-bond donors (Lipinski definition) is 0. The normalized spacial score (nSPS) is 16.6. The lowest BCUT2D eigenvalue weighted by Gasteiger charge is -2.33. The maximum absolute atomic E-state index is 13.3. The van der Waals surface area contributed by atoms with Crippen LogP contribution >= 0.6 is 0 Å². The second-order valence-electron chi connectivity index (χ2n) is 7.23. The Morgan fingerprint density at radius 2 is 1.64 bits per heavy atom. The Bertz CT molecular complexity index is 1160. The first kappa shape index (κ1) is 17.2. The summed E-state index contributed by atoms with van der Waals surface area (Å²) in [5, 5.41) is 0. The highest BCUT2D eigenvalue weighted by Gasteiger charge is 2.38. The Kier molecular flexibility index (Phi) is 3.71. The average molecular weight is 393 g/mol. The maximum Gasteiger partial charge on any atom is 0.213 e. The molecular formula is C21H19N3O3S. The predicted molar refractivity (Wildman–Crippen MR) is 105 cm³/mol. The molecule has 4 heterocycles. The number of ether oxygens (including phenoxy) is 1. The van der Waals surface area contributed by atoms with Crippen LogP contribution in [0.3, 0.4) is 0 Å². The summed E-state index contributed by atoms with van der Waals surface area (Å²) in [4.78, 5) is 11.2. The van der Waals surface area contributed by atoms with E-state index in [-0.39, 0.29) is 9.79 Å². The van der Waals surface area contributed by atoms with E-state index in [4.69, 9.17) is 4.74 Å². The van der Waals surface area contributed by atoms with Gasteiger partial charge in [-0.1, -0.05) is 12.1 Å². The van der Waals surface area contributed by atoms with E-state index in [0.29, 0.717) is 18.2 Å². The van der Waals surface area contributed by atoms with E-state index in [1.165, 1.54) is 0 Å². The summed E-state index contributed by atoms with van der Waals surface area (Å²) in [6.07, 6.45) is 5.25. The summed E-state index contributed by atoms with van der Waals surface area (Å²) >= 11 is 0. The van der Waals surface area contributed by atoms with Gasteiger partial charge in [-0.3, -0.25) is 4.90 Å². The number of aromatic nitrogens is 2. The molecule has 0 bridgehead atoms. The van der Waals surface area contributed by atoms with E-state index >= 15 is 0 Å². The van der Waals surface area contributed by atoms with Crippen LogP contribution in [0.15, 0.2) is 52.5 Å². The van der Waals surface area contributed by atoms with Crippen LogP contribution in [0.1, 0.15) is 23.1 Å². The molecule has 0 atom stereocenters. The van der Waals surface area contributed by atoms with Crippen molar-refractivity contribution in [2.45, 2.75) is 36.5 Å². The summed E-state index contributed by atoms with van der Waals surface area (Å²) in [6.45, 7) is 4.31. The highest BCUT2D eigenvalue weighted by atomic mass is 32.2. The molecule has 6 nitrogen and oxygen atoms in total. The van der Waals surface area contributed by atoms with Gasteiger partial charge in [-0.2, -0.15) is 0 Å². The molecule has 7 heteroatoms. The quantitative estimate of drug-likeness (QED) is 0.486. The van der Waals surface area contributed by atoms with Crippen LogP contribution in [0, 0.1) is 13.8 Å². The minimum atomic E-state index is -3.72. The van der Waals surface area contributed by atoms with Crippen LogP contribution in [-0.2, 0) is 16.3 Å². The zero-order valence-corrected chi connectivity index (χ0v) is 16.5. The molecule has 1 aromatic carbocycles. The van der Waals surface area contributed by atoms with Gasteiger partial charge < -0.3 is 4.74 Å². The van der Waals surface area contributed by atoms with Gasteiger partial charge in [-0.25, -0.2) is 18.4 Å². The topological polar surface area (TPSA) is 72.4 Å². The lowest BCUT2D eigenvalue weighted by atomic mass is 10.0. The third-order valence-electron chi connectivity index (χ3n) is 5.10. The molecule has 5 rings (SSSR count). The van der Waals surface area contributed by atoms with Crippen molar-refractivity contribution in [3.8, 4) is 5.75 Å². The number of rotatable bonds is 1. The SMILES string of the molecule is Cc1cnc2c(c1)S(=O)(=O)c1cc(C)cnc1N2c1cccc2c1OCCC2. The Morgan fingerprint density at radius 1 is 1.00 bits per heavy atom. The number of pyridine rings is 2. The van der Waals surface area contributed by atoms with Crippen molar-refractivity contribution in [3.05, 3.63) is 59.4 Å². The zero-order valence-electron chi connectivity index (χ0n) is 15.6. The van der Waals surface area contributed by atoms with E-state index in [9.17, 15) is 8.42 Å². The fraction of sp³-hybridized carbons (Fsp3) is 0.238. The Hall–Kier alpha value is -2.93. The van der Waals surface area contributed by atoms with Gasteiger partial charge in [0.05, 0.1) is 12.3 Å². The number of hydrogen-bond acceptors (Lipinski definition) is 6. The van der Waals surface area contributed by atoms with E-state index in [0.717, 1.165) is 41.0 Å². The number of fused-ring (bicyclic) bond motifs is 3. The summed E-state index contributed by atoms with van der Waals surface area (Å²) in [7, 11) is -3.72. The third-order valence-corrected chi connectivity index (χ3v) is 6.85.